The van der Waals surface area contributed by atoms with E-state index in [4.69, 9.17) is 17.3 Å². The molecule has 0 saturated heterocycles. The summed E-state index contributed by atoms with van der Waals surface area (Å²) in [6, 6.07) is 5.69. The lowest BCUT2D eigenvalue weighted by Crippen LogP contribution is -2.16. The zero-order valence-corrected chi connectivity index (χ0v) is 15.7. The van der Waals surface area contributed by atoms with E-state index in [-0.39, 0.29) is 5.92 Å². The number of likely N-dealkylation sites (N-methyl/N-ethyl adjacent to an activating group) is 1. The molecule has 0 aliphatic carbocycles. The van der Waals surface area contributed by atoms with Gasteiger partial charge in [0.05, 0.1) is 0 Å². The Morgan fingerprint density at radius 3 is 2.50 bits per heavy atom. The molecule has 3 nitrogen and oxygen atoms in total. The molecule has 1 rings (SSSR count). The Morgan fingerprint density at radius 2 is 2.00 bits per heavy atom. The average molecular weight is 344 g/mol. The molecule has 4 heteroatoms. The standard InChI is InChI=1S/C20H26ClN3/c1-8-12(2)19(16(6)23-7)20(22)24-15(5)14(4)18-10-9-17(21)11-13(18)3/h8-12,23H,1,4,6,22H2,2-3,5,7H3/b20-19-,24-15+. The second kappa shape index (κ2) is 8.55. The van der Waals surface area contributed by atoms with Crippen molar-refractivity contribution in [3.8, 4) is 0 Å². The molecular formula is C20H26ClN3. The van der Waals surface area contributed by atoms with Crippen molar-refractivity contribution in [2.45, 2.75) is 20.8 Å². The average Bonchev–Trinajstić information content (AvgIpc) is 2.53. The summed E-state index contributed by atoms with van der Waals surface area (Å²) in [6.07, 6.45) is 1.81. The number of allylic oxidation sites excluding steroid dienone is 3. The van der Waals surface area contributed by atoms with Gasteiger partial charge in [-0.25, -0.2) is 4.99 Å². The van der Waals surface area contributed by atoms with Crippen LogP contribution in [0.5, 0.6) is 0 Å². The van der Waals surface area contributed by atoms with Crippen LogP contribution in [0.3, 0.4) is 0 Å². The fourth-order valence-corrected chi connectivity index (χ4v) is 2.61. The molecule has 128 valence electrons. The first-order valence-electron chi connectivity index (χ1n) is 7.73. The molecule has 1 unspecified atom stereocenters. The zero-order chi connectivity index (χ0) is 18.4. The molecule has 0 aliphatic rings. The molecule has 0 heterocycles. The largest absolute Gasteiger partial charge is 0.388 e. The van der Waals surface area contributed by atoms with E-state index < -0.39 is 0 Å². The highest BCUT2D eigenvalue weighted by Crippen LogP contribution is 2.24. The first-order valence-corrected chi connectivity index (χ1v) is 8.11. The Bertz CT molecular complexity index is 726. The Kier molecular flexibility index (Phi) is 7.05. The maximum atomic E-state index is 6.23. The van der Waals surface area contributed by atoms with Gasteiger partial charge in [0, 0.05) is 35.0 Å². The zero-order valence-electron chi connectivity index (χ0n) is 14.9. The predicted molar refractivity (Wildman–Crippen MR) is 107 cm³/mol. The summed E-state index contributed by atoms with van der Waals surface area (Å²) in [5, 5.41) is 3.72. The Balaban J connectivity index is 3.30. The molecule has 1 aromatic rings. The van der Waals surface area contributed by atoms with Crippen LogP contribution in [0.1, 0.15) is 25.0 Å². The van der Waals surface area contributed by atoms with Gasteiger partial charge in [-0.1, -0.05) is 43.8 Å². The molecule has 24 heavy (non-hydrogen) atoms. The Hall–Kier alpha value is -2.26. The van der Waals surface area contributed by atoms with E-state index in [0.717, 1.165) is 33.7 Å². The van der Waals surface area contributed by atoms with Crippen molar-refractivity contribution in [1.29, 1.82) is 0 Å². The fourth-order valence-electron chi connectivity index (χ4n) is 2.38. The highest BCUT2D eigenvalue weighted by atomic mass is 35.5. The summed E-state index contributed by atoms with van der Waals surface area (Å²) in [5.74, 6) is 0.444. The van der Waals surface area contributed by atoms with Gasteiger partial charge in [-0.3, -0.25) is 0 Å². The summed E-state index contributed by atoms with van der Waals surface area (Å²) >= 11 is 6.02. The van der Waals surface area contributed by atoms with Crippen molar-refractivity contribution < 1.29 is 0 Å². The van der Waals surface area contributed by atoms with E-state index in [1.165, 1.54) is 0 Å². The first-order chi connectivity index (χ1) is 11.2. The van der Waals surface area contributed by atoms with Crippen LogP contribution in [-0.4, -0.2) is 12.8 Å². The van der Waals surface area contributed by atoms with Gasteiger partial charge < -0.3 is 11.1 Å². The third-order valence-corrected chi connectivity index (χ3v) is 4.19. The molecule has 1 atom stereocenters. The number of nitrogens with zero attached hydrogens (tertiary/aromatic N) is 1. The Labute approximate surface area is 150 Å². The van der Waals surface area contributed by atoms with Crippen LogP contribution >= 0.6 is 11.6 Å². The predicted octanol–water partition coefficient (Wildman–Crippen LogP) is 4.85. The summed E-state index contributed by atoms with van der Waals surface area (Å²) < 4.78 is 0. The molecule has 0 radical (unpaired) electrons. The lowest BCUT2D eigenvalue weighted by Gasteiger charge is -2.17. The molecule has 0 bridgehead atoms. The molecule has 3 N–H and O–H groups in total. The van der Waals surface area contributed by atoms with E-state index in [1.54, 1.807) is 7.05 Å². The number of benzene rings is 1. The lowest BCUT2D eigenvalue weighted by atomic mass is 9.97. The number of hydrogen-bond acceptors (Lipinski definition) is 3. The highest BCUT2D eigenvalue weighted by Gasteiger charge is 2.14. The molecule has 0 fully saturated rings. The van der Waals surface area contributed by atoms with E-state index in [0.29, 0.717) is 10.8 Å². The molecule has 0 aromatic heterocycles. The first kappa shape index (κ1) is 19.8. The number of nitrogens with two attached hydrogens (primary N) is 1. The minimum atomic E-state index is 0.0343. The van der Waals surface area contributed by atoms with Crippen LogP contribution in [0.2, 0.25) is 5.02 Å². The van der Waals surface area contributed by atoms with Crippen LogP contribution in [-0.2, 0) is 0 Å². The van der Waals surface area contributed by atoms with Crippen molar-refractivity contribution in [3.63, 3.8) is 0 Å². The fraction of sp³-hybridized carbons (Fsp3) is 0.250. The van der Waals surface area contributed by atoms with E-state index in [2.05, 4.69) is 30.0 Å². The van der Waals surface area contributed by atoms with Gasteiger partial charge in [-0.15, -0.1) is 6.58 Å². The third kappa shape index (κ3) is 4.62. The van der Waals surface area contributed by atoms with Crippen molar-refractivity contribution in [2.24, 2.45) is 16.6 Å². The van der Waals surface area contributed by atoms with E-state index in [9.17, 15) is 0 Å². The number of aryl methyl sites for hydroxylation is 1. The third-order valence-electron chi connectivity index (χ3n) is 3.95. The SMILES string of the molecule is C=CC(C)/C(C(=C)NC)=C(N)/N=C(\C)C(=C)c1ccc(Cl)cc1C. The lowest BCUT2D eigenvalue weighted by molar-refractivity contribution is 0.812. The van der Waals surface area contributed by atoms with Gasteiger partial charge in [-0.05, 0) is 42.7 Å². The van der Waals surface area contributed by atoms with Crippen molar-refractivity contribution >= 4 is 22.9 Å². The van der Waals surface area contributed by atoms with Crippen molar-refractivity contribution in [1.82, 2.24) is 5.32 Å². The van der Waals surface area contributed by atoms with Crippen LogP contribution in [0.4, 0.5) is 0 Å². The second-order valence-electron chi connectivity index (χ2n) is 5.69. The van der Waals surface area contributed by atoms with Gasteiger partial charge in [0.25, 0.3) is 0 Å². The van der Waals surface area contributed by atoms with Crippen LogP contribution in [0, 0.1) is 12.8 Å². The number of rotatable bonds is 7. The minimum Gasteiger partial charge on any atom is -0.388 e. The molecule has 0 amide bonds. The smallest absolute Gasteiger partial charge is 0.129 e. The molecule has 0 saturated carbocycles. The monoisotopic (exact) mass is 343 g/mol. The quantitative estimate of drug-likeness (QED) is 0.422. The van der Waals surface area contributed by atoms with Crippen LogP contribution < -0.4 is 11.1 Å². The van der Waals surface area contributed by atoms with Gasteiger partial charge in [0.15, 0.2) is 0 Å². The normalized spacial score (nSPS) is 13.8. The minimum absolute atomic E-state index is 0.0343. The Morgan fingerprint density at radius 1 is 1.38 bits per heavy atom. The van der Waals surface area contributed by atoms with Crippen LogP contribution in [0.15, 0.2) is 66.1 Å². The molecule has 1 aromatic carbocycles. The number of aliphatic imine (C=N–C) groups is 1. The number of hydrogen-bond donors (Lipinski definition) is 2. The maximum Gasteiger partial charge on any atom is 0.129 e. The maximum absolute atomic E-state index is 6.23. The van der Waals surface area contributed by atoms with Gasteiger partial charge in [-0.2, -0.15) is 0 Å². The molecule has 0 aliphatic heterocycles. The van der Waals surface area contributed by atoms with E-state index in [1.807, 2.05) is 45.0 Å². The second-order valence-corrected chi connectivity index (χ2v) is 6.12. The van der Waals surface area contributed by atoms with Gasteiger partial charge >= 0.3 is 0 Å². The number of halogens is 1. The summed E-state index contributed by atoms with van der Waals surface area (Å²) in [5.41, 5.74) is 11.4. The summed E-state index contributed by atoms with van der Waals surface area (Å²) in [7, 11) is 1.80. The molecule has 0 spiro atoms. The van der Waals surface area contributed by atoms with Crippen molar-refractivity contribution in [2.75, 3.05) is 7.05 Å². The topological polar surface area (TPSA) is 50.4 Å². The highest BCUT2D eigenvalue weighted by molar-refractivity contribution is 6.31. The van der Waals surface area contributed by atoms with Crippen LogP contribution in [0.25, 0.3) is 5.57 Å². The van der Waals surface area contributed by atoms with Crippen molar-refractivity contribution in [3.05, 3.63) is 77.3 Å². The van der Waals surface area contributed by atoms with Gasteiger partial charge in [0.1, 0.15) is 5.82 Å². The summed E-state index contributed by atoms with van der Waals surface area (Å²) in [6.45, 7) is 17.9. The molecular weight excluding hydrogens is 318 g/mol. The summed E-state index contributed by atoms with van der Waals surface area (Å²) in [4.78, 5) is 4.55. The number of nitrogens with one attached hydrogen (secondary N) is 1. The van der Waals surface area contributed by atoms with E-state index >= 15 is 0 Å². The van der Waals surface area contributed by atoms with Gasteiger partial charge in [0.2, 0.25) is 0 Å².